The van der Waals surface area contributed by atoms with E-state index in [-0.39, 0.29) is 5.56 Å². The van der Waals surface area contributed by atoms with Crippen molar-refractivity contribution in [2.24, 2.45) is 5.92 Å². The van der Waals surface area contributed by atoms with Crippen molar-refractivity contribution in [2.45, 2.75) is 39.3 Å². The predicted octanol–water partition coefficient (Wildman–Crippen LogP) is 3.14. The highest BCUT2D eigenvalue weighted by Crippen LogP contribution is 2.30. The van der Waals surface area contributed by atoms with Crippen LogP contribution in [0.25, 0.3) is 0 Å². The molecule has 2 rings (SSSR count). The topological polar surface area (TPSA) is 40.5 Å². The molecule has 0 aliphatic heterocycles. The van der Waals surface area contributed by atoms with Crippen molar-refractivity contribution < 1.29 is 14.3 Å². The summed E-state index contributed by atoms with van der Waals surface area (Å²) in [5.74, 6) is -0.807. The van der Waals surface area contributed by atoms with Gasteiger partial charge in [-0.15, -0.1) is 0 Å². The van der Waals surface area contributed by atoms with Crippen molar-refractivity contribution in [1.82, 2.24) is 4.90 Å². The molecule has 0 bridgehead atoms. The van der Waals surface area contributed by atoms with E-state index in [1.807, 2.05) is 0 Å². The van der Waals surface area contributed by atoms with Crippen LogP contribution < -0.4 is 0 Å². The quantitative estimate of drug-likeness (QED) is 0.859. The number of aromatic carboxylic acids is 1. The van der Waals surface area contributed by atoms with Crippen LogP contribution in [0.1, 0.15) is 42.6 Å². The molecule has 0 unspecified atom stereocenters. The summed E-state index contributed by atoms with van der Waals surface area (Å²) in [5, 5.41) is 8.95. The Bertz CT molecular complexity index is 469. The van der Waals surface area contributed by atoms with Gasteiger partial charge in [0.1, 0.15) is 5.82 Å². The highest BCUT2D eigenvalue weighted by atomic mass is 19.1. The average Bonchev–Trinajstić information content (AvgIpc) is 3.11. The van der Waals surface area contributed by atoms with Crippen LogP contribution in [0.5, 0.6) is 0 Å². The van der Waals surface area contributed by atoms with Crippen molar-refractivity contribution in [3.05, 3.63) is 35.1 Å². The van der Waals surface area contributed by atoms with Gasteiger partial charge in [0, 0.05) is 19.1 Å². The SMILES string of the molecule is CC(C)N(Cc1cc(F)cc(C(=O)O)c1)CC1CC1. The monoisotopic (exact) mass is 265 g/mol. The number of carbonyl (C=O) groups is 1. The molecular weight excluding hydrogens is 245 g/mol. The number of carboxylic acid groups (broad SMARTS) is 1. The largest absolute Gasteiger partial charge is 0.478 e. The number of hydrogen-bond acceptors (Lipinski definition) is 2. The van der Waals surface area contributed by atoms with Gasteiger partial charge in [0.2, 0.25) is 0 Å². The van der Waals surface area contributed by atoms with Gasteiger partial charge in [0.25, 0.3) is 0 Å². The van der Waals surface area contributed by atoms with Gasteiger partial charge in [-0.05, 0) is 56.4 Å². The third-order valence-electron chi connectivity index (χ3n) is 3.51. The summed E-state index contributed by atoms with van der Waals surface area (Å²) in [6.07, 6.45) is 2.54. The standard InChI is InChI=1S/C15H20FNO2/c1-10(2)17(8-11-3-4-11)9-12-5-13(15(18)19)7-14(16)6-12/h5-7,10-11H,3-4,8-9H2,1-2H3,(H,18,19). The summed E-state index contributed by atoms with van der Waals surface area (Å²) < 4.78 is 13.4. The van der Waals surface area contributed by atoms with Gasteiger partial charge >= 0.3 is 5.97 Å². The van der Waals surface area contributed by atoms with Crippen molar-refractivity contribution >= 4 is 5.97 Å². The van der Waals surface area contributed by atoms with E-state index in [9.17, 15) is 9.18 Å². The van der Waals surface area contributed by atoms with Crippen molar-refractivity contribution in [2.75, 3.05) is 6.54 Å². The molecule has 1 saturated carbocycles. The zero-order chi connectivity index (χ0) is 14.0. The zero-order valence-electron chi connectivity index (χ0n) is 11.4. The number of halogens is 1. The second-order valence-corrected chi connectivity index (χ2v) is 5.62. The minimum atomic E-state index is -1.08. The summed E-state index contributed by atoms with van der Waals surface area (Å²) in [6.45, 7) is 5.84. The van der Waals surface area contributed by atoms with Crippen LogP contribution in [0.3, 0.4) is 0 Å². The lowest BCUT2D eigenvalue weighted by atomic mass is 10.1. The molecule has 1 aromatic rings. The smallest absolute Gasteiger partial charge is 0.335 e. The molecule has 19 heavy (non-hydrogen) atoms. The Morgan fingerprint density at radius 3 is 2.63 bits per heavy atom. The third-order valence-corrected chi connectivity index (χ3v) is 3.51. The third kappa shape index (κ3) is 4.03. The molecule has 4 heteroatoms. The first kappa shape index (κ1) is 14.0. The van der Waals surface area contributed by atoms with Crippen LogP contribution in [-0.2, 0) is 6.54 Å². The van der Waals surface area contributed by atoms with Crippen LogP contribution in [0.4, 0.5) is 4.39 Å². The maximum Gasteiger partial charge on any atom is 0.335 e. The molecule has 3 nitrogen and oxygen atoms in total. The Morgan fingerprint density at radius 1 is 1.42 bits per heavy atom. The molecular formula is C15H20FNO2. The van der Waals surface area contributed by atoms with E-state index in [1.165, 1.54) is 18.9 Å². The first-order valence-electron chi connectivity index (χ1n) is 6.72. The van der Waals surface area contributed by atoms with Gasteiger partial charge in [-0.1, -0.05) is 0 Å². The number of nitrogens with zero attached hydrogens (tertiary/aromatic N) is 1. The molecule has 0 radical (unpaired) electrons. The molecule has 0 atom stereocenters. The van der Waals surface area contributed by atoms with Crippen LogP contribution in [0, 0.1) is 11.7 Å². The summed E-state index contributed by atoms with van der Waals surface area (Å²) >= 11 is 0. The van der Waals surface area contributed by atoms with E-state index >= 15 is 0 Å². The Hall–Kier alpha value is -1.42. The Balaban J connectivity index is 2.13. The summed E-state index contributed by atoms with van der Waals surface area (Å²) in [4.78, 5) is 13.2. The lowest BCUT2D eigenvalue weighted by Crippen LogP contribution is -2.32. The van der Waals surface area contributed by atoms with Crippen molar-refractivity contribution in [3.63, 3.8) is 0 Å². The molecule has 0 saturated heterocycles. The molecule has 1 N–H and O–H groups in total. The van der Waals surface area contributed by atoms with Gasteiger partial charge < -0.3 is 5.11 Å². The highest BCUT2D eigenvalue weighted by Gasteiger charge is 2.25. The molecule has 0 spiro atoms. The Morgan fingerprint density at radius 2 is 2.11 bits per heavy atom. The number of rotatable bonds is 6. The fourth-order valence-corrected chi connectivity index (χ4v) is 2.19. The number of carboxylic acids is 1. The maximum atomic E-state index is 13.4. The molecule has 1 aliphatic rings. The van der Waals surface area contributed by atoms with Gasteiger partial charge in [-0.3, -0.25) is 4.90 Å². The lowest BCUT2D eigenvalue weighted by molar-refractivity contribution is 0.0696. The lowest BCUT2D eigenvalue weighted by Gasteiger charge is -2.26. The highest BCUT2D eigenvalue weighted by molar-refractivity contribution is 5.87. The number of hydrogen-bond donors (Lipinski definition) is 1. The van der Waals surface area contributed by atoms with Gasteiger partial charge in [-0.2, -0.15) is 0 Å². The van der Waals surface area contributed by atoms with E-state index < -0.39 is 11.8 Å². The van der Waals surface area contributed by atoms with Crippen LogP contribution >= 0.6 is 0 Å². The van der Waals surface area contributed by atoms with Crippen LogP contribution in [0.15, 0.2) is 18.2 Å². The minimum absolute atomic E-state index is 0.0186. The maximum absolute atomic E-state index is 13.4. The van der Waals surface area contributed by atoms with E-state index in [2.05, 4.69) is 18.7 Å². The normalized spacial score (nSPS) is 15.2. The molecule has 104 valence electrons. The van der Waals surface area contributed by atoms with Crippen LogP contribution in [0.2, 0.25) is 0 Å². The Labute approximate surface area is 113 Å². The van der Waals surface area contributed by atoms with E-state index in [4.69, 9.17) is 5.11 Å². The Kier molecular flexibility index (Phi) is 4.20. The van der Waals surface area contributed by atoms with E-state index in [0.29, 0.717) is 12.6 Å². The second kappa shape index (κ2) is 5.70. The average molecular weight is 265 g/mol. The fourth-order valence-electron chi connectivity index (χ4n) is 2.19. The molecule has 0 heterocycles. The first-order valence-corrected chi connectivity index (χ1v) is 6.72. The molecule has 1 aromatic carbocycles. The van der Waals surface area contributed by atoms with E-state index in [0.717, 1.165) is 24.1 Å². The van der Waals surface area contributed by atoms with Gasteiger partial charge in [-0.25, -0.2) is 9.18 Å². The van der Waals surface area contributed by atoms with Crippen molar-refractivity contribution in [3.8, 4) is 0 Å². The van der Waals surface area contributed by atoms with Crippen LogP contribution in [-0.4, -0.2) is 28.6 Å². The fraction of sp³-hybridized carbons (Fsp3) is 0.533. The molecule has 0 aromatic heterocycles. The van der Waals surface area contributed by atoms with E-state index in [1.54, 1.807) is 6.07 Å². The summed E-state index contributed by atoms with van der Waals surface area (Å²) in [7, 11) is 0. The molecule has 1 aliphatic carbocycles. The summed E-state index contributed by atoms with van der Waals surface area (Å²) in [5.41, 5.74) is 0.747. The van der Waals surface area contributed by atoms with Gasteiger partial charge in [0.15, 0.2) is 0 Å². The predicted molar refractivity (Wildman–Crippen MR) is 71.6 cm³/mol. The summed E-state index contributed by atoms with van der Waals surface area (Å²) in [6, 6.07) is 4.42. The van der Waals surface area contributed by atoms with Crippen molar-refractivity contribution in [1.29, 1.82) is 0 Å². The molecule has 1 fully saturated rings. The zero-order valence-corrected chi connectivity index (χ0v) is 11.4. The number of benzene rings is 1. The minimum Gasteiger partial charge on any atom is -0.478 e. The van der Waals surface area contributed by atoms with Gasteiger partial charge in [0.05, 0.1) is 5.56 Å². The molecule has 0 amide bonds. The second-order valence-electron chi connectivity index (χ2n) is 5.62. The first-order chi connectivity index (χ1) is 8.95.